The number of amides is 2. The maximum absolute atomic E-state index is 11.8. The van der Waals surface area contributed by atoms with Gasteiger partial charge in [-0.3, -0.25) is 0 Å². The summed E-state index contributed by atoms with van der Waals surface area (Å²) in [7, 11) is 0. The van der Waals surface area contributed by atoms with E-state index in [9.17, 15) is 9.18 Å². The second kappa shape index (κ2) is 6.01. The van der Waals surface area contributed by atoms with Crippen LogP contribution in [0.5, 0.6) is 0 Å². The number of urea groups is 1. The molecule has 4 heteroatoms. The summed E-state index contributed by atoms with van der Waals surface area (Å²) in [4.78, 5) is 11.3. The predicted molar refractivity (Wildman–Crippen MR) is 58.8 cm³/mol. The van der Waals surface area contributed by atoms with Gasteiger partial charge in [-0.05, 0) is 18.1 Å². The summed E-state index contributed by atoms with van der Waals surface area (Å²) < 4.78 is 11.8. The molecule has 0 bridgehead atoms. The number of nitrogens with one attached hydrogen (secondary N) is 2. The Morgan fingerprint density at radius 2 is 2.13 bits per heavy atom. The van der Waals surface area contributed by atoms with Crippen molar-refractivity contribution in [2.45, 2.75) is 13.3 Å². The van der Waals surface area contributed by atoms with Crippen molar-refractivity contribution in [3.8, 4) is 0 Å². The van der Waals surface area contributed by atoms with Crippen LogP contribution in [0.15, 0.2) is 24.3 Å². The molecule has 82 valence electrons. The second-order valence-electron chi connectivity index (χ2n) is 3.08. The van der Waals surface area contributed by atoms with Gasteiger partial charge in [0.2, 0.25) is 0 Å². The van der Waals surface area contributed by atoms with Crippen LogP contribution >= 0.6 is 0 Å². The van der Waals surface area contributed by atoms with E-state index in [1.807, 2.05) is 31.2 Å². The Morgan fingerprint density at radius 1 is 1.40 bits per heavy atom. The van der Waals surface area contributed by atoms with Crippen molar-refractivity contribution in [3.63, 3.8) is 0 Å². The summed E-state index contributed by atoms with van der Waals surface area (Å²) in [6.07, 6.45) is 0.847. The fraction of sp³-hybridized carbons (Fsp3) is 0.364. The van der Waals surface area contributed by atoms with Gasteiger partial charge in [0.05, 0.1) is 0 Å². The number of hydrogen-bond acceptors (Lipinski definition) is 1. The topological polar surface area (TPSA) is 41.1 Å². The third-order valence-corrected chi connectivity index (χ3v) is 2.03. The Morgan fingerprint density at radius 3 is 2.80 bits per heavy atom. The fourth-order valence-corrected chi connectivity index (χ4v) is 1.28. The second-order valence-corrected chi connectivity index (χ2v) is 3.08. The summed E-state index contributed by atoms with van der Waals surface area (Å²) in [5.41, 5.74) is 1.84. The van der Waals surface area contributed by atoms with E-state index in [0.29, 0.717) is 0 Å². The lowest BCUT2D eigenvalue weighted by atomic mass is 10.1. The lowest BCUT2D eigenvalue weighted by Crippen LogP contribution is -2.30. The highest BCUT2D eigenvalue weighted by Gasteiger charge is 2.03. The number of carbonyl (C=O) groups excluding carboxylic acids is 1. The largest absolute Gasteiger partial charge is 0.335 e. The predicted octanol–water partition coefficient (Wildman–Crippen LogP) is 2.34. The third-order valence-electron chi connectivity index (χ3n) is 2.03. The van der Waals surface area contributed by atoms with Crippen molar-refractivity contribution < 1.29 is 9.18 Å². The van der Waals surface area contributed by atoms with Crippen molar-refractivity contribution >= 4 is 11.7 Å². The van der Waals surface area contributed by atoms with E-state index < -0.39 is 6.67 Å². The fourth-order valence-electron chi connectivity index (χ4n) is 1.28. The summed E-state index contributed by atoms with van der Waals surface area (Å²) in [5.74, 6) is 0. The van der Waals surface area contributed by atoms with Crippen LogP contribution in [0.3, 0.4) is 0 Å². The molecular formula is C11H15FN2O. The van der Waals surface area contributed by atoms with Gasteiger partial charge in [-0.2, -0.15) is 0 Å². The molecule has 1 aromatic carbocycles. The van der Waals surface area contributed by atoms with Crippen molar-refractivity contribution in [2.24, 2.45) is 0 Å². The Balaban J connectivity index is 2.59. The number of alkyl halides is 1. The molecule has 0 aliphatic heterocycles. The van der Waals surface area contributed by atoms with E-state index >= 15 is 0 Å². The van der Waals surface area contributed by atoms with Crippen LogP contribution in [0, 0.1) is 0 Å². The average Bonchev–Trinajstić information content (AvgIpc) is 2.27. The maximum Gasteiger partial charge on any atom is 0.319 e. The van der Waals surface area contributed by atoms with Crippen LogP contribution in [-0.4, -0.2) is 19.3 Å². The SMILES string of the molecule is CCc1ccccc1NC(=O)NCCF. The molecule has 0 fully saturated rings. The Hall–Kier alpha value is -1.58. The molecule has 0 heterocycles. The molecule has 0 atom stereocenters. The monoisotopic (exact) mass is 210 g/mol. The first-order valence-electron chi connectivity index (χ1n) is 4.96. The first kappa shape index (κ1) is 11.5. The minimum Gasteiger partial charge on any atom is -0.335 e. The number of carbonyl (C=O) groups is 1. The Kier molecular flexibility index (Phi) is 4.60. The van der Waals surface area contributed by atoms with Crippen molar-refractivity contribution in [1.29, 1.82) is 0 Å². The first-order valence-corrected chi connectivity index (χ1v) is 4.96. The van der Waals surface area contributed by atoms with Gasteiger partial charge in [0, 0.05) is 12.2 Å². The first-order chi connectivity index (χ1) is 7.27. The lowest BCUT2D eigenvalue weighted by Gasteiger charge is -2.09. The summed E-state index contributed by atoms with van der Waals surface area (Å²) in [6.45, 7) is 1.50. The molecule has 0 saturated carbocycles. The summed E-state index contributed by atoms with van der Waals surface area (Å²) in [6, 6.07) is 7.18. The summed E-state index contributed by atoms with van der Waals surface area (Å²) in [5, 5.41) is 5.09. The van der Waals surface area contributed by atoms with E-state index in [-0.39, 0.29) is 12.6 Å². The molecule has 1 aromatic rings. The highest BCUT2D eigenvalue weighted by atomic mass is 19.1. The number of halogens is 1. The zero-order valence-electron chi connectivity index (χ0n) is 8.72. The van der Waals surface area contributed by atoms with Gasteiger partial charge in [-0.15, -0.1) is 0 Å². The molecular weight excluding hydrogens is 195 g/mol. The molecule has 0 aromatic heterocycles. The van der Waals surface area contributed by atoms with Crippen molar-refractivity contribution in [3.05, 3.63) is 29.8 Å². The molecule has 0 unspecified atom stereocenters. The molecule has 3 nitrogen and oxygen atoms in total. The number of hydrogen-bond donors (Lipinski definition) is 2. The van der Waals surface area contributed by atoms with Crippen LogP contribution in [-0.2, 0) is 6.42 Å². The number of para-hydroxylation sites is 1. The van der Waals surface area contributed by atoms with E-state index in [1.165, 1.54) is 0 Å². The molecule has 0 saturated heterocycles. The number of rotatable bonds is 4. The zero-order valence-corrected chi connectivity index (χ0v) is 8.72. The van der Waals surface area contributed by atoms with E-state index in [1.54, 1.807) is 0 Å². The molecule has 2 amide bonds. The molecule has 2 N–H and O–H groups in total. The average molecular weight is 210 g/mol. The smallest absolute Gasteiger partial charge is 0.319 e. The molecule has 0 radical (unpaired) electrons. The van der Waals surface area contributed by atoms with Crippen molar-refractivity contribution in [2.75, 3.05) is 18.5 Å². The van der Waals surface area contributed by atoms with Crippen LogP contribution in [0.25, 0.3) is 0 Å². The van der Waals surface area contributed by atoms with Gasteiger partial charge in [0.25, 0.3) is 0 Å². The standard InChI is InChI=1S/C11H15FN2O/c1-2-9-5-3-4-6-10(9)14-11(15)13-8-7-12/h3-6H,2,7-8H2,1H3,(H2,13,14,15). The normalized spacial score (nSPS) is 9.73. The van der Waals surface area contributed by atoms with Crippen LogP contribution in [0.1, 0.15) is 12.5 Å². The van der Waals surface area contributed by atoms with E-state index in [0.717, 1.165) is 17.7 Å². The van der Waals surface area contributed by atoms with E-state index in [4.69, 9.17) is 0 Å². The van der Waals surface area contributed by atoms with E-state index in [2.05, 4.69) is 10.6 Å². The zero-order chi connectivity index (χ0) is 11.1. The van der Waals surface area contributed by atoms with Gasteiger partial charge < -0.3 is 10.6 Å². The number of anilines is 1. The number of benzene rings is 1. The molecule has 0 aliphatic carbocycles. The minimum atomic E-state index is -0.553. The van der Waals surface area contributed by atoms with Gasteiger partial charge in [-0.25, -0.2) is 9.18 Å². The van der Waals surface area contributed by atoms with Gasteiger partial charge >= 0.3 is 6.03 Å². The molecule has 0 aliphatic rings. The van der Waals surface area contributed by atoms with Crippen molar-refractivity contribution in [1.82, 2.24) is 5.32 Å². The highest BCUT2D eigenvalue weighted by Crippen LogP contribution is 2.14. The molecule has 1 rings (SSSR count). The van der Waals surface area contributed by atoms with Crippen LogP contribution < -0.4 is 10.6 Å². The lowest BCUT2D eigenvalue weighted by molar-refractivity contribution is 0.251. The third kappa shape index (κ3) is 3.58. The van der Waals surface area contributed by atoms with Crippen LogP contribution in [0.2, 0.25) is 0 Å². The Labute approximate surface area is 88.7 Å². The minimum absolute atomic E-state index is 0.0418. The maximum atomic E-state index is 11.8. The molecule has 15 heavy (non-hydrogen) atoms. The summed E-state index contributed by atoms with van der Waals surface area (Å²) >= 11 is 0. The Bertz CT molecular complexity index is 328. The number of aryl methyl sites for hydroxylation is 1. The van der Waals surface area contributed by atoms with Gasteiger partial charge in [-0.1, -0.05) is 25.1 Å². The van der Waals surface area contributed by atoms with Gasteiger partial charge in [0.1, 0.15) is 6.67 Å². The quantitative estimate of drug-likeness (QED) is 0.786. The van der Waals surface area contributed by atoms with Gasteiger partial charge in [0.15, 0.2) is 0 Å². The van der Waals surface area contributed by atoms with Crippen LogP contribution in [0.4, 0.5) is 14.9 Å². The highest BCUT2D eigenvalue weighted by molar-refractivity contribution is 5.90. The molecule has 0 spiro atoms.